The first-order chi connectivity index (χ1) is 9.97. The monoisotopic (exact) mass is 309 g/mol. The normalized spacial score (nSPS) is 25.4. The summed E-state index contributed by atoms with van der Waals surface area (Å²) in [5.74, 6) is 0.468. The van der Waals surface area contributed by atoms with Crippen LogP contribution < -0.4 is 5.32 Å². The van der Waals surface area contributed by atoms with Crippen molar-refractivity contribution >= 4 is 23.2 Å². The molecule has 1 aliphatic carbocycles. The Morgan fingerprint density at radius 3 is 2.76 bits per heavy atom. The summed E-state index contributed by atoms with van der Waals surface area (Å²) in [7, 11) is 0. The van der Waals surface area contributed by atoms with Gasteiger partial charge in [0, 0.05) is 10.9 Å². The van der Waals surface area contributed by atoms with E-state index in [1.807, 2.05) is 13.0 Å². The van der Waals surface area contributed by atoms with Crippen LogP contribution in [0.3, 0.4) is 0 Å². The van der Waals surface area contributed by atoms with Crippen LogP contribution in [-0.2, 0) is 9.53 Å². The molecule has 1 saturated carbocycles. The molecule has 0 spiro atoms. The molecule has 0 unspecified atom stereocenters. The molecule has 0 saturated heterocycles. The van der Waals surface area contributed by atoms with Gasteiger partial charge in [0.2, 0.25) is 0 Å². The van der Waals surface area contributed by atoms with Crippen molar-refractivity contribution in [3.63, 3.8) is 0 Å². The van der Waals surface area contributed by atoms with Crippen LogP contribution >= 0.6 is 11.3 Å². The van der Waals surface area contributed by atoms with Gasteiger partial charge in [-0.05, 0) is 37.3 Å². The first kappa shape index (κ1) is 16.0. The smallest absolute Gasteiger partial charge is 0.348 e. The van der Waals surface area contributed by atoms with Crippen molar-refractivity contribution in [1.29, 1.82) is 0 Å². The van der Waals surface area contributed by atoms with Crippen LogP contribution in [0.4, 0.5) is 0 Å². The molecule has 3 atom stereocenters. The minimum atomic E-state index is -0.423. The first-order valence-corrected chi connectivity index (χ1v) is 8.32. The van der Waals surface area contributed by atoms with Crippen molar-refractivity contribution in [2.24, 2.45) is 11.8 Å². The minimum Gasteiger partial charge on any atom is -0.451 e. The molecule has 21 heavy (non-hydrogen) atoms. The number of aryl methyl sites for hydroxylation is 1. The van der Waals surface area contributed by atoms with Gasteiger partial charge < -0.3 is 10.1 Å². The highest BCUT2D eigenvalue weighted by atomic mass is 32.1. The molecule has 5 heteroatoms. The minimum absolute atomic E-state index is 0.198. The second-order valence-corrected chi connectivity index (χ2v) is 7.22. The van der Waals surface area contributed by atoms with Crippen LogP contribution in [0, 0.1) is 18.8 Å². The number of rotatable bonds is 4. The number of carbonyl (C=O) groups excluding carboxylic acids is 2. The molecule has 1 amide bonds. The second kappa shape index (κ2) is 7.07. The largest absolute Gasteiger partial charge is 0.451 e. The van der Waals surface area contributed by atoms with Gasteiger partial charge in [0.1, 0.15) is 4.88 Å². The molecule has 1 aliphatic rings. The average molecular weight is 309 g/mol. The fourth-order valence-corrected chi connectivity index (χ4v) is 3.54. The van der Waals surface area contributed by atoms with Gasteiger partial charge in [0.05, 0.1) is 0 Å². The van der Waals surface area contributed by atoms with Crippen LogP contribution in [0.2, 0.25) is 0 Å². The number of thiophene rings is 1. The lowest BCUT2D eigenvalue weighted by Crippen LogP contribution is -2.45. The fourth-order valence-electron chi connectivity index (χ4n) is 2.78. The summed E-state index contributed by atoms with van der Waals surface area (Å²) >= 11 is 1.38. The lowest BCUT2D eigenvalue weighted by molar-refractivity contribution is -0.125. The standard InChI is InChI=1S/C16H23NO3S/c1-10-5-4-6-13(12(10)3)17-15(18)9-20-16(19)14-8-7-11(2)21-14/h7-8,10,12-13H,4-6,9H2,1-3H3,(H,17,18)/t10-,12-,13+/m1/s1. The predicted molar refractivity (Wildman–Crippen MR) is 83.4 cm³/mol. The number of esters is 1. The third-order valence-electron chi connectivity index (χ3n) is 4.33. The van der Waals surface area contributed by atoms with Gasteiger partial charge in [0.15, 0.2) is 6.61 Å². The predicted octanol–water partition coefficient (Wildman–Crippen LogP) is 3.15. The van der Waals surface area contributed by atoms with Crippen molar-refractivity contribution in [2.45, 2.75) is 46.1 Å². The Morgan fingerprint density at radius 1 is 1.33 bits per heavy atom. The lowest BCUT2D eigenvalue weighted by Gasteiger charge is -2.34. The zero-order valence-corrected chi connectivity index (χ0v) is 13.7. The fraction of sp³-hybridized carbons (Fsp3) is 0.625. The van der Waals surface area contributed by atoms with Crippen LogP contribution in [-0.4, -0.2) is 24.5 Å². The van der Waals surface area contributed by atoms with E-state index in [1.165, 1.54) is 17.8 Å². The van der Waals surface area contributed by atoms with Crippen LogP contribution in [0.1, 0.15) is 47.7 Å². The van der Waals surface area contributed by atoms with Crippen molar-refractivity contribution in [2.75, 3.05) is 6.61 Å². The number of carbonyl (C=O) groups is 2. The Bertz CT molecular complexity index is 511. The van der Waals surface area contributed by atoms with E-state index in [0.717, 1.165) is 17.7 Å². The number of amides is 1. The summed E-state index contributed by atoms with van der Waals surface area (Å²) in [6.07, 6.45) is 3.38. The summed E-state index contributed by atoms with van der Waals surface area (Å²) < 4.78 is 5.07. The highest BCUT2D eigenvalue weighted by Crippen LogP contribution is 2.29. The van der Waals surface area contributed by atoms with E-state index in [0.29, 0.717) is 16.7 Å². The van der Waals surface area contributed by atoms with Crippen molar-refractivity contribution in [1.82, 2.24) is 5.32 Å². The molecule has 2 rings (SSSR count). The maximum Gasteiger partial charge on any atom is 0.348 e. The molecule has 1 heterocycles. The summed E-state index contributed by atoms with van der Waals surface area (Å²) in [6, 6.07) is 3.79. The first-order valence-electron chi connectivity index (χ1n) is 7.50. The Kier molecular flexibility index (Phi) is 5.39. The molecule has 116 valence electrons. The highest BCUT2D eigenvalue weighted by molar-refractivity contribution is 7.13. The third kappa shape index (κ3) is 4.30. The summed E-state index contributed by atoms with van der Waals surface area (Å²) in [6.45, 7) is 6.13. The van der Waals surface area contributed by atoms with E-state index in [9.17, 15) is 9.59 Å². The molecule has 0 bridgehead atoms. The number of hydrogen-bond donors (Lipinski definition) is 1. The molecule has 0 radical (unpaired) electrons. The lowest BCUT2D eigenvalue weighted by atomic mass is 9.78. The van der Waals surface area contributed by atoms with E-state index < -0.39 is 5.97 Å². The third-order valence-corrected chi connectivity index (χ3v) is 5.31. The van der Waals surface area contributed by atoms with Crippen LogP contribution in [0.15, 0.2) is 12.1 Å². The molecule has 4 nitrogen and oxygen atoms in total. The van der Waals surface area contributed by atoms with E-state index in [2.05, 4.69) is 19.2 Å². The molecule has 0 aliphatic heterocycles. The molecule has 1 fully saturated rings. The quantitative estimate of drug-likeness (QED) is 0.869. The van der Waals surface area contributed by atoms with Gasteiger partial charge in [-0.3, -0.25) is 4.79 Å². The Morgan fingerprint density at radius 2 is 2.10 bits per heavy atom. The van der Waals surface area contributed by atoms with E-state index in [4.69, 9.17) is 4.74 Å². The number of ether oxygens (including phenoxy) is 1. The van der Waals surface area contributed by atoms with Crippen molar-refractivity contribution in [3.05, 3.63) is 21.9 Å². The maximum absolute atomic E-state index is 11.9. The van der Waals surface area contributed by atoms with Crippen molar-refractivity contribution in [3.8, 4) is 0 Å². The maximum atomic E-state index is 11.9. The van der Waals surface area contributed by atoms with Gasteiger partial charge in [-0.2, -0.15) is 0 Å². The SMILES string of the molecule is Cc1ccc(C(=O)OCC(=O)N[C@H]2CCC[C@@H](C)[C@H]2C)s1. The number of nitrogens with one attached hydrogen (secondary N) is 1. The van der Waals surface area contributed by atoms with Crippen molar-refractivity contribution < 1.29 is 14.3 Å². The summed E-state index contributed by atoms with van der Waals surface area (Å²) in [4.78, 5) is 25.3. The summed E-state index contributed by atoms with van der Waals surface area (Å²) in [5.41, 5.74) is 0. The average Bonchev–Trinajstić information content (AvgIpc) is 2.88. The van der Waals surface area contributed by atoms with Gasteiger partial charge in [-0.15, -0.1) is 11.3 Å². The molecular formula is C16H23NO3S. The molecule has 0 aromatic carbocycles. The van der Waals surface area contributed by atoms with Crippen LogP contribution in [0.25, 0.3) is 0 Å². The van der Waals surface area contributed by atoms with E-state index in [1.54, 1.807) is 6.07 Å². The Hall–Kier alpha value is -1.36. The van der Waals surface area contributed by atoms with E-state index in [-0.39, 0.29) is 18.6 Å². The van der Waals surface area contributed by atoms with Gasteiger partial charge in [0.25, 0.3) is 5.91 Å². The van der Waals surface area contributed by atoms with Gasteiger partial charge in [-0.1, -0.05) is 26.7 Å². The van der Waals surface area contributed by atoms with Crippen LogP contribution in [0.5, 0.6) is 0 Å². The zero-order chi connectivity index (χ0) is 15.4. The topological polar surface area (TPSA) is 55.4 Å². The highest BCUT2D eigenvalue weighted by Gasteiger charge is 2.28. The second-order valence-electron chi connectivity index (χ2n) is 5.93. The molecular weight excluding hydrogens is 286 g/mol. The molecule has 1 N–H and O–H groups in total. The zero-order valence-electron chi connectivity index (χ0n) is 12.8. The van der Waals surface area contributed by atoms with Gasteiger partial charge in [-0.25, -0.2) is 4.79 Å². The van der Waals surface area contributed by atoms with E-state index >= 15 is 0 Å². The number of hydrogen-bond acceptors (Lipinski definition) is 4. The molecule has 1 aromatic rings. The Labute approximate surface area is 129 Å². The summed E-state index contributed by atoms with van der Waals surface area (Å²) in [5, 5.41) is 3.00. The molecule has 1 aromatic heterocycles. The Balaban J connectivity index is 1.78. The van der Waals surface area contributed by atoms with Gasteiger partial charge >= 0.3 is 5.97 Å².